The average molecular weight is 337 g/mol. The van der Waals surface area contributed by atoms with E-state index in [9.17, 15) is 8.42 Å². The molecule has 5 nitrogen and oxygen atoms in total. The van der Waals surface area contributed by atoms with E-state index in [-0.39, 0.29) is 19.0 Å². The van der Waals surface area contributed by atoms with Gasteiger partial charge in [-0.25, -0.2) is 8.42 Å². The molecule has 2 N–H and O–H groups in total. The van der Waals surface area contributed by atoms with E-state index in [0.29, 0.717) is 26.1 Å². The summed E-state index contributed by atoms with van der Waals surface area (Å²) in [5.41, 5.74) is 6.47. The number of benzene rings is 1. The number of hydrogen-bond acceptors (Lipinski definition) is 4. The molecule has 0 saturated heterocycles. The van der Waals surface area contributed by atoms with E-state index < -0.39 is 15.3 Å². The van der Waals surface area contributed by atoms with Crippen molar-refractivity contribution in [3.8, 4) is 0 Å². The molecule has 1 aromatic carbocycles. The van der Waals surface area contributed by atoms with Crippen molar-refractivity contribution in [2.75, 3.05) is 26.8 Å². The molecule has 122 valence electrons. The van der Waals surface area contributed by atoms with E-state index in [4.69, 9.17) is 10.5 Å². The number of ether oxygens (including phenoxy) is 1. The van der Waals surface area contributed by atoms with Crippen LogP contribution in [-0.2, 0) is 21.3 Å². The van der Waals surface area contributed by atoms with Crippen LogP contribution in [-0.4, -0.2) is 44.8 Å². The summed E-state index contributed by atoms with van der Waals surface area (Å²) in [5, 5.41) is -0.561. The van der Waals surface area contributed by atoms with E-state index in [1.54, 1.807) is 6.92 Å². The van der Waals surface area contributed by atoms with Gasteiger partial charge < -0.3 is 10.5 Å². The topological polar surface area (TPSA) is 72.6 Å². The molecule has 0 saturated carbocycles. The lowest BCUT2D eigenvalue weighted by atomic mass is 10.2. The first kappa shape index (κ1) is 20.3. The Morgan fingerprint density at radius 3 is 2.43 bits per heavy atom. The summed E-state index contributed by atoms with van der Waals surface area (Å²) in [6.07, 6.45) is 0.645. The largest absolute Gasteiger partial charge is 0.383 e. The first-order valence-electron chi connectivity index (χ1n) is 6.74. The van der Waals surface area contributed by atoms with E-state index in [1.807, 2.05) is 30.3 Å². The van der Waals surface area contributed by atoms with Gasteiger partial charge in [-0.05, 0) is 25.5 Å². The number of hydrogen-bond donors (Lipinski definition) is 1. The number of nitrogens with zero attached hydrogens (tertiary/aromatic N) is 1. The summed E-state index contributed by atoms with van der Waals surface area (Å²) in [6, 6.07) is 9.57. The smallest absolute Gasteiger partial charge is 0.219 e. The lowest BCUT2D eigenvalue weighted by molar-refractivity contribution is 0.198. The molecule has 1 atom stereocenters. The van der Waals surface area contributed by atoms with E-state index in [1.165, 1.54) is 11.4 Å². The average Bonchev–Trinajstić information content (AvgIpc) is 2.44. The molecule has 0 bridgehead atoms. The molecular formula is C14H25ClN2O3S. The standard InChI is InChI=1S/C14H24N2O3S.ClH/c1-13(12-19-2)20(17,18)16(10-6-9-15)11-14-7-4-3-5-8-14;/h3-5,7-8,13H,6,9-12,15H2,1-2H3;1H. The summed E-state index contributed by atoms with van der Waals surface area (Å²) in [5.74, 6) is 0. The Hall–Kier alpha value is -0.660. The van der Waals surface area contributed by atoms with Gasteiger partial charge >= 0.3 is 0 Å². The summed E-state index contributed by atoms with van der Waals surface area (Å²) in [4.78, 5) is 0. The van der Waals surface area contributed by atoms with E-state index in [0.717, 1.165) is 5.56 Å². The van der Waals surface area contributed by atoms with Crippen LogP contribution in [0.25, 0.3) is 0 Å². The molecule has 0 fully saturated rings. The number of methoxy groups -OCH3 is 1. The molecule has 7 heteroatoms. The van der Waals surface area contributed by atoms with Crippen LogP contribution in [0.15, 0.2) is 30.3 Å². The SMILES string of the molecule is COCC(C)S(=O)(=O)N(CCCN)Cc1ccccc1.Cl. The maximum absolute atomic E-state index is 12.5. The van der Waals surface area contributed by atoms with Crippen molar-refractivity contribution in [2.24, 2.45) is 5.73 Å². The Labute approximate surface area is 133 Å². The van der Waals surface area contributed by atoms with Crippen LogP contribution in [0.2, 0.25) is 0 Å². The van der Waals surface area contributed by atoms with Crippen molar-refractivity contribution >= 4 is 22.4 Å². The zero-order valence-corrected chi connectivity index (χ0v) is 14.2. The second-order valence-corrected chi connectivity index (χ2v) is 7.12. The van der Waals surface area contributed by atoms with Crippen LogP contribution in [0.4, 0.5) is 0 Å². The van der Waals surface area contributed by atoms with Crippen molar-refractivity contribution < 1.29 is 13.2 Å². The maximum Gasteiger partial charge on any atom is 0.219 e. The minimum Gasteiger partial charge on any atom is -0.383 e. The number of rotatable bonds is 9. The van der Waals surface area contributed by atoms with Crippen molar-refractivity contribution in [1.29, 1.82) is 0 Å². The normalized spacial score (nSPS) is 13.0. The molecule has 1 unspecified atom stereocenters. The molecule has 0 spiro atoms. The fourth-order valence-corrected chi connectivity index (χ4v) is 3.46. The Morgan fingerprint density at radius 2 is 1.90 bits per heavy atom. The molecule has 0 amide bonds. The fraction of sp³-hybridized carbons (Fsp3) is 0.571. The third kappa shape index (κ3) is 6.32. The minimum atomic E-state index is -3.38. The number of nitrogens with two attached hydrogens (primary N) is 1. The van der Waals surface area contributed by atoms with E-state index >= 15 is 0 Å². The molecule has 0 aromatic heterocycles. The Morgan fingerprint density at radius 1 is 1.29 bits per heavy atom. The van der Waals surface area contributed by atoms with Crippen molar-refractivity contribution in [3.63, 3.8) is 0 Å². The van der Waals surface area contributed by atoms with Crippen molar-refractivity contribution in [3.05, 3.63) is 35.9 Å². The highest BCUT2D eigenvalue weighted by atomic mass is 35.5. The summed E-state index contributed by atoms with van der Waals surface area (Å²) >= 11 is 0. The van der Waals surface area contributed by atoms with Gasteiger partial charge in [0, 0.05) is 20.2 Å². The number of sulfonamides is 1. The highest BCUT2D eigenvalue weighted by Gasteiger charge is 2.28. The molecule has 21 heavy (non-hydrogen) atoms. The summed E-state index contributed by atoms with van der Waals surface area (Å²) in [6.45, 7) is 3.13. The van der Waals surface area contributed by atoms with Gasteiger partial charge in [-0.15, -0.1) is 12.4 Å². The molecule has 0 aliphatic carbocycles. The molecule has 0 heterocycles. The van der Waals surface area contributed by atoms with Crippen LogP contribution in [0.3, 0.4) is 0 Å². The highest BCUT2D eigenvalue weighted by Crippen LogP contribution is 2.14. The van der Waals surface area contributed by atoms with Crippen LogP contribution in [0.1, 0.15) is 18.9 Å². The Kier molecular flexibility index (Phi) is 9.81. The molecular weight excluding hydrogens is 312 g/mol. The molecule has 1 rings (SSSR count). The third-order valence-corrected chi connectivity index (χ3v) is 5.27. The molecule has 1 aromatic rings. The summed E-state index contributed by atoms with van der Waals surface area (Å²) in [7, 11) is -1.87. The second-order valence-electron chi connectivity index (χ2n) is 4.77. The highest BCUT2D eigenvalue weighted by molar-refractivity contribution is 7.89. The Balaban J connectivity index is 0.00000400. The van der Waals surface area contributed by atoms with Gasteiger partial charge in [0.15, 0.2) is 0 Å². The van der Waals surface area contributed by atoms with E-state index in [2.05, 4.69) is 0 Å². The Bertz CT molecular complexity index is 482. The van der Waals surface area contributed by atoms with Crippen LogP contribution < -0.4 is 5.73 Å². The van der Waals surface area contributed by atoms with Gasteiger partial charge in [0.05, 0.1) is 11.9 Å². The minimum absolute atomic E-state index is 0. The summed E-state index contributed by atoms with van der Waals surface area (Å²) < 4.78 is 31.5. The zero-order valence-electron chi connectivity index (χ0n) is 12.6. The monoisotopic (exact) mass is 336 g/mol. The molecule has 0 radical (unpaired) electrons. The van der Waals surface area contributed by atoms with Gasteiger partial charge in [-0.1, -0.05) is 30.3 Å². The van der Waals surface area contributed by atoms with Crippen molar-refractivity contribution in [1.82, 2.24) is 4.31 Å². The fourth-order valence-electron chi connectivity index (χ4n) is 1.93. The predicted molar refractivity (Wildman–Crippen MR) is 88.0 cm³/mol. The van der Waals surface area contributed by atoms with Crippen molar-refractivity contribution in [2.45, 2.75) is 25.1 Å². The third-order valence-electron chi connectivity index (χ3n) is 3.08. The zero-order chi connectivity index (χ0) is 15.0. The lowest BCUT2D eigenvalue weighted by Crippen LogP contribution is -2.40. The van der Waals surface area contributed by atoms with Crippen LogP contribution >= 0.6 is 12.4 Å². The van der Waals surface area contributed by atoms with Gasteiger partial charge in [-0.2, -0.15) is 4.31 Å². The van der Waals surface area contributed by atoms with Gasteiger partial charge in [0.1, 0.15) is 0 Å². The van der Waals surface area contributed by atoms with Crippen LogP contribution in [0.5, 0.6) is 0 Å². The predicted octanol–water partition coefficient (Wildman–Crippen LogP) is 1.62. The first-order chi connectivity index (χ1) is 9.52. The van der Waals surface area contributed by atoms with Gasteiger partial charge in [0.25, 0.3) is 0 Å². The number of halogens is 1. The van der Waals surface area contributed by atoms with Gasteiger partial charge in [0.2, 0.25) is 10.0 Å². The lowest BCUT2D eigenvalue weighted by Gasteiger charge is -2.25. The maximum atomic E-state index is 12.5. The van der Waals surface area contributed by atoms with Crippen LogP contribution in [0, 0.1) is 0 Å². The van der Waals surface area contributed by atoms with Gasteiger partial charge in [-0.3, -0.25) is 0 Å². The molecule has 0 aliphatic rings. The second kappa shape index (κ2) is 10.1. The molecule has 0 aliphatic heterocycles. The first-order valence-corrected chi connectivity index (χ1v) is 8.24. The quantitative estimate of drug-likeness (QED) is 0.743.